The summed E-state index contributed by atoms with van der Waals surface area (Å²) in [6, 6.07) is 0. The Balaban J connectivity index is 1.36. The van der Waals surface area contributed by atoms with Crippen LogP contribution in [0.25, 0.3) is 0 Å². The van der Waals surface area contributed by atoms with E-state index >= 15 is 0 Å². The lowest BCUT2D eigenvalue weighted by molar-refractivity contribution is -0.174. The molecule has 5 nitrogen and oxygen atoms in total. The van der Waals surface area contributed by atoms with Crippen molar-refractivity contribution in [3.05, 3.63) is 47.9 Å². The predicted octanol–water partition coefficient (Wildman–Crippen LogP) is 7.57. The van der Waals surface area contributed by atoms with Crippen molar-refractivity contribution in [2.75, 3.05) is 0 Å². The van der Waals surface area contributed by atoms with Gasteiger partial charge in [-0.2, -0.15) is 0 Å². The Labute approximate surface area is 234 Å². The molecule has 7 rings (SSSR count). The molecular formula is C34H47N3O2. The molecule has 0 N–H and O–H groups in total. The van der Waals surface area contributed by atoms with E-state index in [0.29, 0.717) is 17.6 Å². The van der Waals surface area contributed by atoms with Crippen LogP contribution >= 0.6 is 0 Å². The number of carbonyl (C=O) groups is 1. The highest BCUT2D eigenvalue weighted by atomic mass is 16.5. The maximum Gasteiger partial charge on any atom is 0.159 e. The number of allylic oxidation sites excluding steroid dienone is 2. The molecule has 2 heterocycles. The lowest BCUT2D eigenvalue weighted by Gasteiger charge is -2.69. The van der Waals surface area contributed by atoms with E-state index in [1.165, 1.54) is 36.8 Å². The average molecular weight is 530 g/mol. The molecule has 7 atom stereocenters. The minimum atomic E-state index is -0.0955. The molecule has 5 heteroatoms. The zero-order chi connectivity index (χ0) is 27.6. The molecule has 0 aromatic carbocycles. The van der Waals surface area contributed by atoms with Crippen molar-refractivity contribution in [3.63, 3.8) is 0 Å². The van der Waals surface area contributed by atoms with E-state index in [0.717, 1.165) is 38.0 Å². The van der Waals surface area contributed by atoms with Crippen LogP contribution in [0.3, 0.4) is 0 Å². The number of carbonyl (C=O) groups excluding carboxylic acids is 1. The van der Waals surface area contributed by atoms with Crippen molar-refractivity contribution in [3.8, 4) is 0 Å². The molecule has 210 valence electrons. The minimum absolute atomic E-state index is 0.0182. The summed E-state index contributed by atoms with van der Waals surface area (Å²) < 4.78 is 8.13. The molecule has 5 aliphatic carbocycles. The van der Waals surface area contributed by atoms with Crippen molar-refractivity contribution >= 4 is 5.78 Å². The molecular weight excluding hydrogens is 482 g/mol. The topological polar surface area (TPSA) is 60.9 Å². The number of ketones is 1. The van der Waals surface area contributed by atoms with Gasteiger partial charge >= 0.3 is 0 Å². The van der Waals surface area contributed by atoms with Crippen LogP contribution in [0.2, 0.25) is 0 Å². The first-order chi connectivity index (χ1) is 18.3. The molecule has 0 radical (unpaired) electrons. The molecule has 0 amide bonds. The number of fused-ring (bicyclic) bond motifs is 8. The Kier molecular flexibility index (Phi) is 5.13. The SMILES string of the molecule is CC1(C)CC[C@]2(Cn3ccnc3)CC[C@]3(C)[C@H](C(=O)C=C4[C@@]5(C)Cc6cnoc6C(C)(C)C5CC[C@]43C)C2C1. The summed E-state index contributed by atoms with van der Waals surface area (Å²) in [6.45, 7) is 18.1. The monoisotopic (exact) mass is 529 g/mol. The Hall–Kier alpha value is -2.17. The van der Waals surface area contributed by atoms with Gasteiger partial charge in [-0.25, -0.2) is 4.98 Å². The van der Waals surface area contributed by atoms with Crippen LogP contribution in [-0.4, -0.2) is 20.5 Å². The second-order valence-corrected chi connectivity index (χ2v) is 16.3. The van der Waals surface area contributed by atoms with Crippen LogP contribution in [0.5, 0.6) is 0 Å². The van der Waals surface area contributed by atoms with Gasteiger partial charge in [0.15, 0.2) is 5.78 Å². The molecule has 3 saturated carbocycles. The van der Waals surface area contributed by atoms with Gasteiger partial charge in [-0.15, -0.1) is 0 Å². The normalized spacial score (nSPS) is 43.8. The number of hydrogen-bond acceptors (Lipinski definition) is 4. The van der Waals surface area contributed by atoms with Crippen molar-refractivity contribution in [1.29, 1.82) is 0 Å². The molecule has 2 aromatic rings. The Bertz CT molecular complexity index is 1350. The van der Waals surface area contributed by atoms with Crippen LogP contribution in [-0.2, 0) is 23.2 Å². The third kappa shape index (κ3) is 3.22. The van der Waals surface area contributed by atoms with Crippen LogP contribution < -0.4 is 0 Å². The third-order valence-electron chi connectivity index (χ3n) is 13.6. The van der Waals surface area contributed by atoms with Gasteiger partial charge in [0.2, 0.25) is 0 Å². The lowest BCUT2D eigenvalue weighted by Crippen LogP contribution is -2.65. The van der Waals surface area contributed by atoms with E-state index in [4.69, 9.17) is 4.52 Å². The molecule has 2 unspecified atom stereocenters. The second-order valence-electron chi connectivity index (χ2n) is 16.3. The summed E-state index contributed by atoms with van der Waals surface area (Å²) in [5.41, 5.74) is 2.95. The fourth-order valence-electron chi connectivity index (χ4n) is 11.4. The van der Waals surface area contributed by atoms with Gasteiger partial charge in [-0.3, -0.25) is 4.79 Å². The van der Waals surface area contributed by atoms with E-state index in [-0.39, 0.29) is 38.4 Å². The molecule has 0 bridgehead atoms. The van der Waals surface area contributed by atoms with Crippen molar-refractivity contribution in [2.24, 2.45) is 44.8 Å². The van der Waals surface area contributed by atoms with Crippen LogP contribution in [0.1, 0.15) is 105 Å². The quantitative estimate of drug-likeness (QED) is 0.403. The fraction of sp³-hybridized carbons (Fsp3) is 0.735. The second kappa shape index (κ2) is 7.76. The van der Waals surface area contributed by atoms with Gasteiger partial charge < -0.3 is 9.09 Å². The van der Waals surface area contributed by atoms with E-state index in [1.54, 1.807) is 0 Å². The van der Waals surface area contributed by atoms with Crippen molar-refractivity contribution < 1.29 is 9.32 Å². The molecule has 39 heavy (non-hydrogen) atoms. The summed E-state index contributed by atoms with van der Waals surface area (Å²) in [4.78, 5) is 19.1. The summed E-state index contributed by atoms with van der Waals surface area (Å²) in [5.74, 6) is 2.41. The number of nitrogens with zero attached hydrogens (tertiary/aromatic N) is 3. The molecule has 5 aliphatic rings. The standard InChI is InChI=1S/C34H47N3O2/c1-29(2)10-12-34(20-37-15-14-35-21-37)13-11-33(7)27(23(34)18-29)24(38)16-26-31(5)17-22-19-36-39-28(22)30(3,4)25(31)8-9-32(26,33)6/h14-16,19,21,23,25,27H,8-13,17-18,20H2,1-7H3/t23?,25?,27-,31-,32+,33+,34+/m0/s1. The zero-order valence-corrected chi connectivity index (χ0v) is 25.1. The van der Waals surface area contributed by atoms with E-state index < -0.39 is 0 Å². The summed E-state index contributed by atoms with van der Waals surface area (Å²) in [5, 5.41) is 4.23. The zero-order valence-electron chi connectivity index (χ0n) is 25.1. The largest absolute Gasteiger partial charge is 0.361 e. The molecule has 0 aliphatic heterocycles. The van der Waals surface area contributed by atoms with Gasteiger partial charge in [-0.05, 0) is 96.4 Å². The predicted molar refractivity (Wildman–Crippen MR) is 152 cm³/mol. The van der Waals surface area contributed by atoms with Gasteiger partial charge in [0.05, 0.1) is 12.5 Å². The molecule has 2 aromatic heterocycles. The van der Waals surface area contributed by atoms with Gasteiger partial charge in [0.25, 0.3) is 0 Å². The molecule has 3 fully saturated rings. The maximum atomic E-state index is 14.7. The summed E-state index contributed by atoms with van der Waals surface area (Å²) in [7, 11) is 0. The Morgan fingerprint density at radius 2 is 1.79 bits per heavy atom. The van der Waals surface area contributed by atoms with E-state index in [2.05, 4.69) is 75.4 Å². The first-order valence-electron chi connectivity index (χ1n) is 15.4. The number of rotatable bonds is 2. The van der Waals surface area contributed by atoms with Gasteiger partial charge in [-0.1, -0.05) is 59.2 Å². The van der Waals surface area contributed by atoms with Gasteiger partial charge in [0.1, 0.15) is 5.76 Å². The Morgan fingerprint density at radius 3 is 2.54 bits per heavy atom. The van der Waals surface area contributed by atoms with Crippen molar-refractivity contribution in [2.45, 2.75) is 112 Å². The molecule has 0 saturated heterocycles. The highest BCUT2D eigenvalue weighted by Gasteiger charge is 2.69. The highest BCUT2D eigenvalue weighted by molar-refractivity contribution is 5.95. The van der Waals surface area contributed by atoms with Crippen LogP contribution in [0.15, 0.2) is 41.1 Å². The highest BCUT2D eigenvalue weighted by Crippen LogP contribution is 2.74. The van der Waals surface area contributed by atoms with Gasteiger partial charge in [0, 0.05) is 35.8 Å². The summed E-state index contributed by atoms with van der Waals surface area (Å²) >= 11 is 0. The maximum absolute atomic E-state index is 14.7. The summed E-state index contributed by atoms with van der Waals surface area (Å²) in [6.07, 6.45) is 19.3. The lowest BCUT2D eigenvalue weighted by atomic mass is 9.34. The minimum Gasteiger partial charge on any atom is -0.361 e. The van der Waals surface area contributed by atoms with E-state index in [1.807, 2.05) is 18.7 Å². The fourth-order valence-corrected chi connectivity index (χ4v) is 11.4. The van der Waals surface area contributed by atoms with E-state index in [9.17, 15) is 4.79 Å². The average Bonchev–Trinajstić information content (AvgIpc) is 3.53. The first kappa shape index (κ1) is 25.8. The number of imidazole rings is 1. The number of aromatic nitrogens is 3. The van der Waals surface area contributed by atoms with Crippen molar-refractivity contribution in [1.82, 2.24) is 14.7 Å². The molecule has 0 spiro atoms. The first-order valence-corrected chi connectivity index (χ1v) is 15.4. The van der Waals surface area contributed by atoms with Crippen LogP contribution in [0, 0.1) is 44.8 Å². The Morgan fingerprint density at radius 1 is 1.03 bits per heavy atom. The third-order valence-corrected chi connectivity index (χ3v) is 13.6. The number of hydrogen-bond donors (Lipinski definition) is 0. The van der Waals surface area contributed by atoms with Crippen LogP contribution in [0.4, 0.5) is 0 Å². The smallest absolute Gasteiger partial charge is 0.159 e.